The quantitative estimate of drug-likeness (QED) is 0.635. The molecule has 0 aromatic rings. The minimum Gasteiger partial charge on any atom is -0.469 e. The van der Waals surface area contributed by atoms with Crippen molar-refractivity contribution in [1.82, 2.24) is 4.72 Å². The number of carbonyl (C=O) groups excluding carboxylic acids is 2. The number of hydrogen-bond acceptors (Lipinski definition) is 5. The van der Waals surface area contributed by atoms with E-state index in [4.69, 9.17) is 0 Å². The third-order valence-electron chi connectivity index (χ3n) is 1.99. The molecule has 1 N–H and O–H groups in total. The maximum atomic E-state index is 11.4. The standard InChI is InChI=1S/C9H17NO5S/c1-4-8(11)7(2)10-16(13,14)6-5-9(12)15-3/h7,10H,4-6H2,1-3H3. The van der Waals surface area contributed by atoms with Crippen molar-refractivity contribution in [2.45, 2.75) is 32.7 Å². The van der Waals surface area contributed by atoms with Gasteiger partial charge in [0, 0.05) is 6.42 Å². The van der Waals surface area contributed by atoms with Crippen LogP contribution in [0.5, 0.6) is 0 Å². The van der Waals surface area contributed by atoms with Crippen molar-refractivity contribution < 1.29 is 22.7 Å². The summed E-state index contributed by atoms with van der Waals surface area (Å²) in [7, 11) is -2.43. The maximum Gasteiger partial charge on any atom is 0.306 e. The maximum absolute atomic E-state index is 11.4. The molecule has 0 saturated heterocycles. The van der Waals surface area contributed by atoms with Crippen LogP contribution in [0.4, 0.5) is 0 Å². The molecule has 0 bridgehead atoms. The van der Waals surface area contributed by atoms with Gasteiger partial charge in [-0.05, 0) is 6.92 Å². The number of ether oxygens (including phenoxy) is 1. The number of ketones is 1. The van der Waals surface area contributed by atoms with Crippen LogP contribution in [0.15, 0.2) is 0 Å². The molecule has 0 aliphatic rings. The third kappa shape index (κ3) is 5.82. The Bertz CT molecular complexity index is 349. The third-order valence-corrected chi connectivity index (χ3v) is 3.44. The lowest BCUT2D eigenvalue weighted by Crippen LogP contribution is -2.39. The van der Waals surface area contributed by atoms with Crippen molar-refractivity contribution in [3.8, 4) is 0 Å². The van der Waals surface area contributed by atoms with Gasteiger partial charge in [0.25, 0.3) is 0 Å². The number of carbonyl (C=O) groups is 2. The van der Waals surface area contributed by atoms with Crippen molar-refractivity contribution >= 4 is 21.8 Å². The van der Waals surface area contributed by atoms with Gasteiger partial charge in [-0.1, -0.05) is 6.92 Å². The van der Waals surface area contributed by atoms with E-state index < -0.39 is 22.0 Å². The van der Waals surface area contributed by atoms with Gasteiger partial charge in [-0.2, -0.15) is 0 Å². The van der Waals surface area contributed by atoms with E-state index in [1.807, 2.05) is 0 Å². The summed E-state index contributed by atoms with van der Waals surface area (Å²) in [5, 5.41) is 0. The smallest absolute Gasteiger partial charge is 0.306 e. The average Bonchev–Trinajstić information content (AvgIpc) is 2.24. The summed E-state index contributed by atoms with van der Waals surface area (Å²) >= 11 is 0. The molecule has 0 saturated carbocycles. The fourth-order valence-electron chi connectivity index (χ4n) is 1.02. The number of sulfonamides is 1. The monoisotopic (exact) mass is 251 g/mol. The van der Waals surface area contributed by atoms with Crippen molar-refractivity contribution in [3.05, 3.63) is 0 Å². The first-order valence-corrected chi connectivity index (χ1v) is 6.57. The number of hydrogen-bond donors (Lipinski definition) is 1. The van der Waals surface area contributed by atoms with Crippen LogP contribution in [0.1, 0.15) is 26.7 Å². The second-order valence-electron chi connectivity index (χ2n) is 3.30. The number of Topliss-reactive ketones (excluding diaryl/α,β-unsaturated/α-hetero) is 1. The van der Waals surface area contributed by atoms with Crippen molar-refractivity contribution in [2.24, 2.45) is 0 Å². The largest absolute Gasteiger partial charge is 0.469 e. The Hall–Kier alpha value is -0.950. The van der Waals surface area contributed by atoms with E-state index >= 15 is 0 Å². The lowest BCUT2D eigenvalue weighted by Gasteiger charge is -2.11. The molecule has 0 rings (SSSR count). The normalized spacial score (nSPS) is 13.2. The molecule has 0 aromatic heterocycles. The predicted molar refractivity (Wildman–Crippen MR) is 58.3 cm³/mol. The number of rotatable bonds is 7. The van der Waals surface area contributed by atoms with Gasteiger partial charge in [-0.15, -0.1) is 0 Å². The van der Waals surface area contributed by atoms with Crippen LogP contribution >= 0.6 is 0 Å². The summed E-state index contributed by atoms with van der Waals surface area (Å²) in [5.41, 5.74) is 0. The summed E-state index contributed by atoms with van der Waals surface area (Å²) in [6.45, 7) is 3.13. The molecule has 0 aromatic carbocycles. The fraction of sp³-hybridized carbons (Fsp3) is 0.778. The van der Waals surface area contributed by atoms with Crippen molar-refractivity contribution in [3.63, 3.8) is 0 Å². The zero-order valence-electron chi connectivity index (χ0n) is 9.65. The highest BCUT2D eigenvalue weighted by molar-refractivity contribution is 7.89. The second-order valence-corrected chi connectivity index (χ2v) is 5.18. The minimum atomic E-state index is -3.61. The highest BCUT2D eigenvalue weighted by Crippen LogP contribution is 1.97. The van der Waals surface area contributed by atoms with E-state index in [1.165, 1.54) is 14.0 Å². The molecule has 0 heterocycles. The van der Waals surface area contributed by atoms with E-state index in [2.05, 4.69) is 9.46 Å². The summed E-state index contributed by atoms with van der Waals surface area (Å²) in [5.74, 6) is -1.16. The molecule has 6 nitrogen and oxygen atoms in total. The number of nitrogens with one attached hydrogen (secondary N) is 1. The Morgan fingerprint density at radius 3 is 2.38 bits per heavy atom. The second kappa shape index (κ2) is 6.59. The van der Waals surface area contributed by atoms with Gasteiger partial charge in [0.05, 0.1) is 25.3 Å². The molecule has 0 fully saturated rings. The van der Waals surface area contributed by atoms with Crippen molar-refractivity contribution in [2.75, 3.05) is 12.9 Å². The molecule has 0 amide bonds. The van der Waals surface area contributed by atoms with E-state index in [0.717, 1.165) is 0 Å². The first-order valence-electron chi connectivity index (χ1n) is 4.92. The van der Waals surface area contributed by atoms with E-state index in [9.17, 15) is 18.0 Å². The summed E-state index contributed by atoms with van der Waals surface area (Å²) in [4.78, 5) is 21.9. The fourth-order valence-corrected chi connectivity index (χ4v) is 2.24. The zero-order valence-corrected chi connectivity index (χ0v) is 10.5. The molecule has 0 radical (unpaired) electrons. The average molecular weight is 251 g/mol. The molecule has 0 spiro atoms. The lowest BCUT2D eigenvalue weighted by atomic mass is 10.2. The summed E-state index contributed by atoms with van der Waals surface area (Å²) in [6.07, 6.45) is 0.0412. The Labute approximate surface area is 95.4 Å². The van der Waals surface area contributed by atoms with Gasteiger partial charge in [-0.3, -0.25) is 9.59 Å². The summed E-state index contributed by atoms with van der Waals surface area (Å²) < 4.78 is 29.3. The molecule has 0 aliphatic carbocycles. The topological polar surface area (TPSA) is 89.5 Å². The van der Waals surface area contributed by atoms with Gasteiger partial charge in [0.15, 0.2) is 0 Å². The van der Waals surface area contributed by atoms with Gasteiger partial charge in [-0.25, -0.2) is 13.1 Å². The Morgan fingerprint density at radius 1 is 1.38 bits per heavy atom. The van der Waals surface area contributed by atoms with E-state index in [1.54, 1.807) is 6.92 Å². The molecule has 16 heavy (non-hydrogen) atoms. The Balaban J connectivity index is 4.25. The summed E-state index contributed by atoms with van der Waals surface area (Å²) in [6, 6.07) is -0.757. The van der Waals surface area contributed by atoms with Gasteiger partial charge in [0.2, 0.25) is 10.0 Å². The molecular weight excluding hydrogens is 234 g/mol. The van der Waals surface area contributed by atoms with Crippen LogP contribution in [-0.2, 0) is 24.3 Å². The SMILES string of the molecule is CCC(=O)C(C)NS(=O)(=O)CCC(=O)OC. The van der Waals surface area contributed by atoms with Crippen molar-refractivity contribution in [1.29, 1.82) is 0 Å². The molecule has 7 heteroatoms. The lowest BCUT2D eigenvalue weighted by molar-refractivity contribution is -0.140. The van der Waals surface area contributed by atoms with Crippen LogP contribution in [0.3, 0.4) is 0 Å². The van der Waals surface area contributed by atoms with Crippen LogP contribution in [0, 0.1) is 0 Å². The van der Waals surface area contributed by atoms with E-state index in [-0.39, 0.29) is 24.4 Å². The zero-order chi connectivity index (χ0) is 12.8. The Kier molecular flexibility index (Phi) is 6.20. The Morgan fingerprint density at radius 2 is 1.94 bits per heavy atom. The molecule has 0 aliphatic heterocycles. The number of esters is 1. The van der Waals surface area contributed by atoms with Crippen LogP contribution in [-0.4, -0.2) is 39.1 Å². The molecule has 1 unspecified atom stereocenters. The first kappa shape index (κ1) is 15.0. The van der Waals surface area contributed by atoms with Crippen LogP contribution < -0.4 is 4.72 Å². The van der Waals surface area contributed by atoms with Crippen LogP contribution in [0.25, 0.3) is 0 Å². The van der Waals surface area contributed by atoms with Gasteiger partial charge in [0.1, 0.15) is 5.78 Å². The number of methoxy groups -OCH3 is 1. The first-order chi connectivity index (χ1) is 7.32. The molecular formula is C9H17NO5S. The highest BCUT2D eigenvalue weighted by atomic mass is 32.2. The predicted octanol–water partition coefficient (Wildman–Crippen LogP) is -0.163. The molecule has 94 valence electrons. The van der Waals surface area contributed by atoms with E-state index in [0.29, 0.717) is 0 Å². The molecule has 1 atom stereocenters. The van der Waals surface area contributed by atoms with Gasteiger partial charge >= 0.3 is 5.97 Å². The van der Waals surface area contributed by atoms with Gasteiger partial charge < -0.3 is 4.74 Å². The highest BCUT2D eigenvalue weighted by Gasteiger charge is 2.19. The minimum absolute atomic E-state index is 0.193. The van der Waals surface area contributed by atoms with Crippen LogP contribution in [0.2, 0.25) is 0 Å².